The lowest BCUT2D eigenvalue weighted by Crippen LogP contribution is -2.41. The van der Waals surface area contributed by atoms with Crippen LogP contribution in [0.4, 0.5) is 46.8 Å². The highest BCUT2D eigenvalue weighted by Crippen LogP contribution is 2.39. The molecule has 0 saturated carbocycles. The molecule has 38 heteroatoms. The van der Waals surface area contributed by atoms with Gasteiger partial charge in [0, 0.05) is 117 Å². The normalized spacial score (nSPS) is 13.1. The number of fused-ring (bicyclic) bond motifs is 2. The van der Waals surface area contributed by atoms with Gasteiger partial charge in [-0.05, 0) is 81.2 Å². The van der Waals surface area contributed by atoms with E-state index in [4.69, 9.17) is 24.0 Å². The summed E-state index contributed by atoms with van der Waals surface area (Å²) in [6, 6.07) is 23.2. The number of hydrogen-bond acceptors (Lipinski definition) is 18. The molecule has 8 aromatic rings. The molecule has 10 rings (SSSR count). The van der Waals surface area contributed by atoms with Gasteiger partial charge in [-0.3, -0.25) is 28.2 Å². The minimum atomic E-state index is -4.99. The van der Waals surface area contributed by atoms with Crippen molar-refractivity contribution in [2.45, 2.75) is 38.7 Å². The molecule has 0 fully saturated rings. The van der Waals surface area contributed by atoms with E-state index in [1.54, 1.807) is 12.1 Å². The molecule has 6 heterocycles. The average Bonchev–Trinajstić information content (AvgIpc) is 0.775. The summed E-state index contributed by atoms with van der Waals surface area (Å²) in [4.78, 5) is 25.8. The van der Waals surface area contributed by atoms with Gasteiger partial charge in [0.05, 0.1) is 44.3 Å². The Balaban J connectivity index is 0.000000239. The lowest BCUT2D eigenvalue weighted by atomic mass is 10.0. The monoisotopic (exact) mass is 1430 g/mol. The van der Waals surface area contributed by atoms with E-state index < -0.39 is 61.8 Å². The molecule has 0 saturated heterocycles. The van der Waals surface area contributed by atoms with Crippen LogP contribution in [-0.4, -0.2) is 122 Å². The van der Waals surface area contributed by atoms with E-state index in [9.17, 15) is 57.2 Å². The summed E-state index contributed by atoms with van der Waals surface area (Å²) in [5.41, 5.74) is 1.38. The van der Waals surface area contributed by atoms with E-state index in [2.05, 4.69) is 59.9 Å². The molecule has 2 aliphatic rings. The van der Waals surface area contributed by atoms with Crippen LogP contribution in [0, 0.1) is 11.6 Å². The summed E-state index contributed by atoms with van der Waals surface area (Å²) in [6.45, 7) is 0.0422. The Morgan fingerprint density at radius 2 is 0.989 bits per heavy atom. The van der Waals surface area contributed by atoms with Crippen LogP contribution in [0.25, 0.3) is 22.5 Å². The molecule has 1 radical (unpaired) electrons. The summed E-state index contributed by atoms with van der Waals surface area (Å²) in [6.07, 6.45) is -6.62. The molecule has 0 bridgehead atoms. The molecule has 0 amide bonds. The number of hydrogen-bond donors (Lipinski definition) is 3. The maximum atomic E-state index is 15.7. The largest absolute Gasteiger partial charge is 0.573 e. The van der Waals surface area contributed by atoms with E-state index in [0.717, 1.165) is 30.3 Å². The van der Waals surface area contributed by atoms with Crippen molar-refractivity contribution in [2.75, 3.05) is 51.0 Å². The third-order valence-corrected chi connectivity index (χ3v) is 16.4. The second-order valence-corrected chi connectivity index (χ2v) is 22.8. The second-order valence-electron chi connectivity index (χ2n) is 18.6. The van der Waals surface area contributed by atoms with Crippen LogP contribution in [0.2, 0.25) is 0 Å². The lowest BCUT2D eigenvalue weighted by molar-refractivity contribution is -0.275. The van der Waals surface area contributed by atoms with Crippen molar-refractivity contribution in [3.05, 3.63) is 181 Å². The molecule has 0 spiro atoms. The number of nitrogens with zero attached hydrogens (tertiary/aromatic N) is 8. The second kappa shape index (κ2) is 30.9. The number of alkyl halides is 6. The highest BCUT2D eigenvalue weighted by atomic mass is 79.9. The number of methoxy groups -OCH3 is 4. The Labute approximate surface area is 534 Å². The van der Waals surface area contributed by atoms with Gasteiger partial charge in [-0.2, -0.15) is 55.4 Å². The molecule has 2 unspecified atom stereocenters. The Morgan fingerprint density at radius 1 is 0.565 bits per heavy atom. The fraction of sp³-hybridized carbons (Fsp3) is 0.222. The first-order valence-corrected chi connectivity index (χ1v) is 29.3. The van der Waals surface area contributed by atoms with E-state index in [1.807, 2.05) is 0 Å². The van der Waals surface area contributed by atoms with E-state index in [-0.39, 0.29) is 126 Å². The number of pyridine rings is 2. The van der Waals surface area contributed by atoms with E-state index in [1.165, 1.54) is 125 Å². The van der Waals surface area contributed by atoms with Gasteiger partial charge in [0.15, 0.2) is 11.6 Å². The van der Waals surface area contributed by atoms with Crippen molar-refractivity contribution < 1.29 is 90.1 Å². The smallest absolute Gasteiger partial charge is 0.537 e. The number of rotatable bonds is 17. The fourth-order valence-electron chi connectivity index (χ4n) is 9.10. The van der Waals surface area contributed by atoms with E-state index in [0.29, 0.717) is 35.9 Å². The van der Waals surface area contributed by atoms with Crippen molar-refractivity contribution in [3.8, 4) is 62.7 Å². The first kappa shape index (κ1) is 72.8. The van der Waals surface area contributed by atoms with Gasteiger partial charge >= 0.3 is 40.8 Å². The topological polar surface area (TPSA) is 279 Å². The van der Waals surface area contributed by atoms with Crippen molar-refractivity contribution in [1.82, 2.24) is 38.1 Å². The van der Waals surface area contributed by atoms with Crippen molar-refractivity contribution in [1.29, 1.82) is 0 Å². The summed E-state index contributed by atoms with van der Waals surface area (Å²) < 4.78 is 199. The standard InChI is InChI=1S/C27H23F4N5O6S.C19H17BrFN5O4S.C8H7BF3O4.2H3P/c1-40-18-10-17(11-19(12-18)42-27(29,30)31)20-13-24(41-2)23(14-21(20)28)36-22-7-9-35(15-16(22)5-6-26(36)37)43(38,39)34-25-4-3-8-32-33-25;1-30-17-9-13(20)14(21)10-16(17)26-15-6-8-25(11-12(15)4-5-19(26)27)31(28,29)24-18-3-2-7-22-23-18;1-14-5-2-6(15-8(10,11)12)4-7(3-5)16-9-13;;/h3-6,8,10-14H,7,9,15H2,1-2H3,(H,33,34);2-5,7,9-10H,6,8,11H2,1H3,(H,23,24);2-4,13H,1H3;2*1H3. The summed E-state index contributed by atoms with van der Waals surface area (Å²) in [7, 11) is -2.35. The van der Waals surface area contributed by atoms with Gasteiger partial charge < -0.3 is 38.1 Å². The number of benzene rings is 4. The molecule has 4 aromatic carbocycles. The summed E-state index contributed by atoms with van der Waals surface area (Å²) >= 11 is 3.11. The number of nitrogens with one attached hydrogen (secondary N) is 2. The molecule has 3 N–H and O–H groups in total. The van der Waals surface area contributed by atoms with Crippen LogP contribution < -0.4 is 53.6 Å². The molecule has 4 aromatic heterocycles. The predicted octanol–water partition coefficient (Wildman–Crippen LogP) is 7.93. The molecule has 491 valence electrons. The third kappa shape index (κ3) is 18.3. The first-order chi connectivity index (χ1) is 42.6. The molecule has 0 aliphatic carbocycles. The lowest BCUT2D eigenvalue weighted by Gasteiger charge is -2.30. The minimum Gasteiger partial charge on any atom is -0.537 e. The van der Waals surface area contributed by atoms with Crippen molar-refractivity contribution >= 4 is 75.5 Å². The van der Waals surface area contributed by atoms with Gasteiger partial charge in [-0.1, -0.05) is 12.1 Å². The summed E-state index contributed by atoms with van der Waals surface area (Å²) in [5, 5.41) is 23.1. The average molecular weight is 1430 g/mol. The predicted molar refractivity (Wildman–Crippen MR) is 331 cm³/mol. The first-order valence-electron chi connectivity index (χ1n) is 25.7. The van der Waals surface area contributed by atoms with Crippen LogP contribution in [-0.2, 0) is 46.3 Å². The number of ether oxygens (including phenoxy) is 6. The zero-order valence-corrected chi connectivity index (χ0v) is 54.4. The molecule has 2 atom stereocenters. The maximum Gasteiger partial charge on any atom is 0.573 e. The minimum absolute atomic E-state index is 0. The van der Waals surface area contributed by atoms with Crippen LogP contribution in [0.15, 0.2) is 136 Å². The number of halogens is 9. The Hall–Kier alpha value is -8.24. The van der Waals surface area contributed by atoms with Gasteiger partial charge in [0.2, 0.25) is 0 Å². The van der Waals surface area contributed by atoms with Gasteiger partial charge in [-0.15, -0.1) is 36.5 Å². The van der Waals surface area contributed by atoms with Gasteiger partial charge in [-0.25, -0.2) is 8.78 Å². The molecular weight excluding hydrogens is 1380 g/mol. The van der Waals surface area contributed by atoms with Gasteiger partial charge in [0.1, 0.15) is 51.9 Å². The summed E-state index contributed by atoms with van der Waals surface area (Å²) in [5.74, 6) is -2.00. The Bertz CT molecular complexity index is 4280. The zero-order valence-electron chi connectivity index (χ0n) is 48.3. The van der Waals surface area contributed by atoms with E-state index >= 15 is 4.39 Å². The van der Waals surface area contributed by atoms with Crippen molar-refractivity contribution in [3.63, 3.8) is 0 Å². The third-order valence-electron chi connectivity index (χ3n) is 12.9. The molecule has 92 heavy (non-hydrogen) atoms. The van der Waals surface area contributed by atoms with Crippen LogP contribution in [0.1, 0.15) is 22.5 Å². The number of anilines is 2. The molecular formula is C54H53BBrF8N10O14P2S2. The number of aromatic nitrogens is 6. The zero-order chi connectivity index (χ0) is 65.3. The Kier molecular flexibility index (Phi) is 24.5. The van der Waals surface area contributed by atoms with Crippen LogP contribution in [0.3, 0.4) is 0 Å². The SMILES string of the molecule is COc1cc(Br)c(F)cc1-n1c2c(ccc1=O)CN(S(=O)(=O)Nc1cccnn1)CC2.COc1cc(OC(F)(F)F)cc(-c2cc(OC)c(-n3c4c(ccc3=O)CN(S(=O)(=O)Nc3cccnn3)CC4)cc2F)c1.COc1cc(O[B]O)cc(OC(F)(F)F)c1.P.P. The fourth-order valence-corrected chi connectivity index (χ4v) is 11.7. The highest BCUT2D eigenvalue weighted by molar-refractivity contribution is 9.10. The molecule has 24 nitrogen and oxygen atoms in total. The quantitative estimate of drug-likeness (QED) is 0.0443. The maximum absolute atomic E-state index is 15.7. The van der Waals surface area contributed by atoms with Crippen LogP contribution >= 0.6 is 35.7 Å². The van der Waals surface area contributed by atoms with Crippen LogP contribution in [0.5, 0.6) is 40.2 Å². The van der Waals surface area contributed by atoms with Gasteiger partial charge in [0.25, 0.3) is 11.1 Å². The molecule has 2 aliphatic heterocycles. The highest BCUT2D eigenvalue weighted by Gasteiger charge is 2.35. The van der Waals surface area contributed by atoms with Crippen molar-refractivity contribution in [2.24, 2.45) is 0 Å². The Morgan fingerprint density at radius 3 is 1.42 bits per heavy atom.